The number of nitrogens with zero attached hydrogens (tertiary/aromatic N) is 1. The monoisotopic (exact) mass is 292 g/mol. The number of halogens is 1. The molecular weight excluding hydrogens is 263 g/mol. The fourth-order valence-electron chi connectivity index (χ4n) is 3.50. The lowest BCUT2D eigenvalue weighted by atomic mass is 9.82. The Balaban J connectivity index is 2.35. The molecule has 2 nitrogen and oxygen atoms in total. The Morgan fingerprint density at radius 3 is 2.48 bits per heavy atom. The first-order valence-corrected chi connectivity index (χ1v) is 8.36. The van der Waals surface area contributed by atoms with Gasteiger partial charge in [0.25, 0.3) is 0 Å². The van der Waals surface area contributed by atoms with Crippen molar-refractivity contribution in [3.05, 3.63) is 35.6 Å². The fraction of sp³-hybridized carbons (Fsp3) is 0.667. The standard InChI is InChI=1S/C18H29FN2/c1-4-12-20-17(15-10-6-7-11-16(15)19)18(3,5-2)21-13-8-9-14-21/h6-7,10-11,17,20H,4-5,8-9,12-14H2,1-3H3. The summed E-state index contributed by atoms with van der Waals surface area (Å²) in [5, 5.41) is 3.61. The number of benzene rings is 1. The van der Waals surface area contributed by atoms with Crippen LogP contribution in [0, 0.1) is 5.82 Å². The van der Waals surface area contributed by atoms with Crippen LogP contribution in [-0.2, 0) is 0 Å². The Morgan fingerprint density at radius 2 is 1.90 bits per heavy atom. The van der Waals surface area contributed by atoms with Crippen molar-refractivity contribution in [2.24, 2.45) is 0 Å². The molecule has 1 saturated heterocycles. The summed E-state index contributed by atoms with van der Waals surface area (Å²) >= 11 is 0. The third-order valence-corrected chi connectivity index (χ3v) is 4.98. The van der Waals surface area contributed by atoms with E-state index in [9.17, 15) is 4.39 Å². The Labute approximate surface area is 128 Å². The van der Waals surface area contributed by atoms with Crippen LogP contribution >= 0.6 is 0 Å². The Bertz CT molecular complexity index is 443. The summed E-state index contributed by atoms with van der Waals surface area (Å²) in [6.45, 7) is 9.84. The van der Waals surface area contributed by atoms with Crippen molar-refractivity contribution in [3.8, 4) is 0 Å². The molecule has 0 radical (unpaired) electrons. The molecule has 21 heavy (non-hydrogen) atoms. The lowest BCUT2D eigenvalue weighted by Crippen LogP contribution is -2.53. The molecular formula is C18H29FN2. The van der Waals surface area contributed by atoms with E-state index in [4.69, 9.17) is 0 Å². The molecule has 2 atom stereocenters. The molecule has 0 aromatic heterocycles. The van der Waals surface area contributed by atoms with Crippen molar-refractivity contribution in [1.82, 2.24) is 10.2 Å². The van der Waals surface area contributed by atoms with Gasteiger partial charge in [0, 0.05) is 11.1 Å². The van der Waals surface area contributed by atoms with Crippen LogP contribution in [0.2, 0.25) is 0 Å². The van der Waals surface area contributed by atoms with Crippen LogP contribution in [0.4, 0.5) is 4.39 Å². The van der Waals surface area contributed by atoms with Crippen molar-refractivity contribution in [2.45, 2.75) is 58.0 Å². The normalized spacial score (nSPS) is 20.4. The molecule has 1 aromatic carbocycles. The van der Waals surface area contributed by atoms with Gasteiger partial charge in [0.1, 0.15) is 5.82 Å². The van der Waals surface area contributed by atoms with Gasteiger partial charge in [-0.2, -0.15) is 0 Å². The van der Waals surface area contributed by atoms with E-state index in [1.54, 1.807) is 12.1 Å². The highest BCUT2D eigenvalue weighted by Gasteiger charge is 2.40. The second kappa shape index (κ2) is 7.37. The molecule has 0 aliphatic carbocycles. The quantitative estimate of drug-likeness (QED) is 0.813. The predicted molar refractivity (Wildman–Crippen MR) is 86.9 cm³/mol. The SMILES string of the molecule is CCCNC(c1ccccc1F)C(C)(CC)N1CCCC1. The van der Waals surface area contributed by atoms with Crippen LogP contribution in [0.3, 0.4) is 0 Å². The first kappa shape index (κ1) is 16.4. The van der Waals surface area contributed by atoms with Crippen molar-refractivity contribution in [3.63, 3.8) is 0 Å². The van der Waals surface area contributed by atoms with Gasteiger partial charge in [0.05, 0.1) is 6.04 Å². The van der Waals surface area contributed by atoms with Gasteiger partial charge in [0.15, 0.2) is 0 Å². The zero-order valence-electron chi connectivity index (χ0n) is 13.7. The van der Waals surface area contributed by atoms with E-state index in [1.165, 1.54) is 12.8 Å². The summed E-state index contributed by atoms with van der Waals surface area (Å²) < 4.78 is 14.4. The highest BCUT2D eigenvalue weighted by Crippen LogP contribution is 2.37. The minimum Gasteiger partial charge on any atom is -0.308 e. The molecule has 0 spiro atoms. The summed E-state index contributed by atoms with van der Waals surface area (Å²) in [6.07, 6.45) is 4.59. The summed E-state index contributed by atoms with van der Waals surface area (Å²) in [4.78, 5) is 2.55. The van der Waals surface area contributed by atoms with E-state index in [-0.39, 0.29) is 17.4 Å². The average molecular weight is 292 g/mol. The van der Waals surface area contributed by atoms with Crippen LogP contribution in [0.25, 0.3) is 0 Å². The van der Waals surface area contributed by atoms with Gasteiger partial charge in [-0.3, -0.25) is 4.90 Å². The lowest BCUT2D eigenvalue weighted by Gasteiger charge is -2.45. The zero-order valence-corrected chi connectivity index (χ0v) is 13.7. The summed E-state index contributed by atoms with van der Waals surface area (Å²) in [7, 11) is 0. The van der Waals surface area contributed by atoms with Crippen molar-refractivity contribution in [2.75, 3.05) is 19.6 Å². The largest absolute Gasteiger partial charge is 0.308 e. The number of rotatable bonds is 7. The average Bonchev–Trinajstić information content (AvgIpc) is 3.03. The molecule has 0 bridgehead atoms. The van der Waals surface area contributed by atoms with E-state index in [0.717, 1.165) is 38.0 Å². The van der Waals surface area contributed by atoms with Crippen molar-refractivity contribution >= 4 is 0 Å². The first-order chi connectivity index (χ1) is 10.1. The van der Waals surface area contributed by atoms with Gasteiger partial charge in [-0.05, 0) is 58.3 Å². The first-order valence-electron chi connectivity index (χ1n) is 8.36. The van der Waals surface area contributed by atoms with E-state index >= 15 is 0 Å². The number of hydrogen-bond donors (Lipinski definition) is 1. The Morgan fingerprint density at radius 1 is 1.24 bits per heavy atom. The van der Waals surface area contributed by atoms with Crippen LogP contribution < -0.4 is 5.32 Å². The summed E-state index contributed by atoms with van der Waals surface area (Å²) in [5.41, 5.74) is 0.774. The molecule has 1 aromatic rings. The zero-order chi connectivity index (χ0) is 15.3. The number of nitrogens with one attached hydrogen (secondary N) is 1. The van der Waals surface area contributed by atoms with Crippen LogP contribution in [0.5, 0.6) is 0 Å². The second-order valence-electron chi connectivity index (χ2n) is 6.31. The topological polar surface area (TPSA) is 15.3 Å². The van der Waals surface area contributed by atoms with E-state index < -0.39 is 0 Å². The van der Waals surface area contributed by atoms with Crippen LogP contribution in [0.15, 0.2) is 24.3 Å². The molecule has 2 rings (SSSR count). The molecule has 1 aliphatic rings. The van der Waals surface area contributed by atoms with Gasteiger partial charge in [0.2, 0.25) is 0 Å². The Kier molecular flexibility index (Phi) is 5.77. The molecule has 0 saturated carbocycles. The lowest BCUT2D eigenvalue weighted by molar-refractivity contribution is 0.0824. The summed E-state index contributed by atoms with van der Waals surface area (Å²) in [5.74, 6) is -0.0926. The Hall–Kier alpha value is -0.930. The summed E-state index contributed by atoms with van der Waals surface area (Å²) in [6, 6.07) is 7.28. The smallest absolute Gasteiger partial charge is 0.128 e. The van der Waals surface area contributed by atoms with Crippen molar-refractivity contribution in [1.29, 1.82) is 0 Å². The highest BCUT2D eigenvalue weighted by atomic mass is 19.1. The second-order valence-corrected chi connectivity index (χ2v) is 6.31. The minimum absolute atomic E-state index is 0.0339. The molecule has 118 valence electrons. The molecule has 1 heterocycles. The molecule has 1 aliphatic heterocycles. The number of hydrogen-bond acceptors (Lipinski definition) is 2. The van der Waals surface area contributed by atoms with Gasteiger partial charge < -0.3 is 5.32 Å². The van der Waals surface area contributed by atoms with Gasteiger partial charge in [-0.1, -0.05) is 32.0 Å². The molecule has 0 amide bonds. The molecule has 3 heteroatoms. The van der Waals surface area contributed by atoms with Crippen LogP contribution in [0.1, 0.15) is 58.1 Å². The maximum atomic E-state index is 14.4. The van der Waals surface area contributed by atoms with Gasteiger partial charge in [-0.15, -0.1) is 0 Å². The van der Waals surface area contributed by atoms with E-state index in [1.807, 2.05) is 12.1 Å². The van der Waals surface area contributed by atoms with E-state index in [0.29, 0.717) is 0 Å². The minimum atomic E-state index is -0.0926. The maximum absolute atomic E-state index is 14.4. The van der Waals surface area contributed by atoms with Crippen LogP contribution in [-0.4, -0.2) is 30.1 Å². The third kappa shape index (κ3) is 3.46. The number of likely N-dealkylation sites (tertiary alicyclic amines) is 1. The molecule has 2 unspecified atom stereocenters. The maximum Gasteiger partial charge on any atom is 0.128 e. The van der Waals surface area contributed by atoms with Crippen molar-refractivity contribution < 1.29 is 4.39 Å². The molecule has 1 fully saturated rings. The molecule has 1 N–H and O–H groups in total. The third-order valence-electron chi connectivity index (χ3n) is 4.98. The predicted octanol–water partition coefficient (Wildman–Crippen LogP) is 4.13. The van der Waals surface area contributed by atoms with E-state index in [2.05, 4.69) is 31.0 Å². The van der Waals surface area contributed by atoms with Gasteiger partial charge >= 0.3 is 0 Å². The highest BCUT2D eigenvalue weighted by molar-refractivity contribution is 5.25. The van der Waals surface area contributed by atoms with Gasteiger partial charge in [-0.25, -0.2) is 4.39 Å². The fourth-order valence-corrected chi connectivity index (χ4v) is 3.50.